The summed E-state index contributed by atoms with van der Waals surface area (Å²) in [5, 5.41) is 25.9. The molecule has 0 saturated heterocycles. The summed E-state index contributed by atoms with van der Waals surface area (Å²) in [6.07, 6.45) is 5.97. The zero-order valence-electron chi connectivity index (χ0n) is 70.8. The van der Waals surface area contributed by atoms with Gasteiger partial charge in [0, 0.05) is 142 Å². The normalized spacial score (nSPS) is 12.7. The van der Waals surface area contributed by atoms with Crippen LogP contribution in [0.4, 0.5) is 0 Å². The number of para-hydroxylation sites is 7. The lowest BCUT2D eigenvalue weighted by molar-refractivity contribution is 0.660. The second-order valence-electron chi connectivity index (χ2n) is 35.0. The van der Waals surface area contributed by atoms with Crippen molar-refractivity contribution in [2.24, 2.45) is 0 Å². The van der Waals surface area contributed by atoms with Gasteiger partial charge in [-0.1, -0.05) is 293 Å². The lowest BCUT2D eigenvalue weighted by atomic mass is 9.82. The number of fused-ring (bicyclic) bond motifs is 38. The van der Waals surface area contributed by atoms with Gasteiger partial charge in [-0.05, 0) is 163 Å². The molecule has 18 aromatic carbocycles. The molecule has 1 aliphatic rings. The largest absolute Gasteiger partial charge is 0.455 e. The fourth-order valence-electron chi connectivity index (χ4n) is 21.8. The molecular weight excluding hydrogens is 1620 g/mol. The third-order valence-corrected chi connectivity index (χ3v) is 28.9. The molecule has 1 aliphatic carbocycles. The van der Waals surface area contributed by atoms with E-state index >= 15 is 0 Å². The average molecular weight is 1690 g/mol. The van der Waals surface area contributed by atoms with Gasteiger partial charge in [-0.2, -0.15) is 0 Å². The van der Waals surface area contributed by atoms with E-state index in [-0.39, 0.29) is 5.41 Å². The standard InChI is InChI=1S/C42H28N2O.C39H22N2O2.C39H22N2OS/c1-42(2)34-13-7-5-11-29(34)33-23-26(15-20-35(33)42)27-17-22-38(43-24-27)44-36-21-16-25-9-3-4-10-28(25)39(36)32-19-18-31-30-12-6-8-14-37(30)45-41(31)40(32)44;1-2-12-27-26(11-1)35-29-13-3-6-17-31(29)41(37(35)39-36(27)30-14-5-8-19-33(30)43-39)34-21-20-23(22-40-34)24-15-9-16-28-25-10-4-7-18-32(25)42-38(24)28;1-2-11-28-27(10-1)36-30-13-4-7-15-32(30)42-39(36)37-29-12-3-6-14-31(29)41(38(28)37)35-20-18-24(22-40-35)23-17-19-26-25-9-5-8-16-33(25)43-34(26)21-23/h3-24H,1-2H3;2*1-22H. The Morgan fingerprint density at radius 2 is 0.664 bits per heavy atom. The Kier molecular flexibility index (Phi) is 15.7. The van der Waals surface area contributed by atoms with Crippen molar-refractivity contribution in [2.75, 3.05) is 0 Å². The Labute approximate surface area is 751 Å². The van der Waals surface area contributed by atoms with Crippen LogP contribution >= 0.6 is 11.3 Å². The van der Waals surface area contributed by atoms with Gasteiger partial charge in [0.2, 0.25) is 0 Å². The average Bonchev–Trinajstić information content (AvgIpc) is 1.54. The smallest absolute Gasteiger partial charge is 0.160 e. The SMILES string of the molecule is CC1(C)c2ccccc2-c2cc(-c3ccc(-n4c5ccc6ccccc6c5c5ccc6c7ccccc7oc6c54)nc3)ccc21.c1ccc2c(c1)oc1c(-c3ccc(-n4c5ccccc5c5c6ccccc6c6c7ccccc7oc6c54)nc3)cccc12.c1ccc2c(c1)oc1c2c2ccccc2c2c1c1ccccc1n2-c1ccc(-c2ccc3c(c2)sc2ccccc23)cn1. The number of hydrogen-bond donors (Lipinski definition) is 0. The molecule has 0 radical (unpaired) electrons. The van der Waals surface area contributed by atoms with E-state index in [1.165, 1.54) is 113 Å². The van der Waals surface area contributed by atoms with E-state index < -0.39 is 0 Å². The van der Waals surface area contributed by atoms with Crippen LogP contribution in [0.25, 0.3) is 268 Å². The van der Waals surface area contributed by atoms with Crippen molar-refractivity contribution in [1.82, 2.24) is 28.7 Å². The molecule has 11 heteroatoms. The number of nitrogens with zero attached hydrogens (tertiary/aromatic N) is 6. The van der Waals surface area contributed by atoms with E-state index in [4.69, 9.17) is 32.6 Å². The highest BCUT2D eigenvalue weighted by Crippen LogP contribution is 2.53. The van der Waals surface area contributed by atoms with E-state index in [1.54, 1.807) is 0 Å². The summed E-state index contributed by atoms with van der Waals surface area (Å²) in [7, 11) is 0. The molecular formula is C120H72N6O4S. The summed E-state index contributed by atoms with van der Waals surface area (Å²) in [5.74, 6) is 2.59. The van der Waals surface area contributed by atoms with Gasteiger partial charge < -0.3 is 17.7 Å². The van der Waals surface area contributed by atoms with Gasteiger partial charge in [0.15, 0.2) is 11.2 Å². The molecule has 131 heavy (non-hydrogen) atoms. The van der Waals surface area contributed by atoms with Crippen LogP contribution in [0, 0.1) is 0 Å². The molecule has 29 aromatic rings. The van der Waals surface area contributed by atoms with Crippen LogP contribution in [0.5, 0.6) is 0 Å². The van der Waals surface area contributed by atoms with E-state index in [0.29, 0.717) is 0 Å². The van der Waals surface area contributed by atoms with E-state index in [1.807, 2.05) is 72.4 Å². The minimum absolute atomic E-state index is 0.00470. The summed E-state index contributed by atoms with van der Waals surface area (Å²) >= 11 is 1.84. The number of rotatable bonds is 6. The van der Waals surface area contributed by atoms with Crippen LogP contribution in [0.2, 0.25) is 0 Å². The summed E-state index contributed by atoms with van der Waals surface area (Å²) in [4.78, 5) is 15.3. The van der Waals surface area contributed by atoms with Crippen LogP contribution < -0.4 is 0 Å². The molecule has 0 aliphatic heterocycles. The number of thiophene rings is 1. The number of pyridine rings is 3. The van der Waals surface area contributed by atoms with Crippen molar-refractivity contribution in [3.05, 3.63) is 412 Å². The zero-order valence-corrected chi connectivity index (χ0v) is 71.6. The first kappa shape index (κ1) is 73.2. The molecule has 10 nitrogen and oxygen atoms in total. The number of aromatic nitrogens is 6. The van der Waals surface area contributed by atoms with Gasteiger partial charge in [-0.3, -0.25) is 13.7 Å². The highest BCUT2D eigenvalue weighted by molar-refractivity contribution is 7.25. The summed E-state index contributed by atoms with van der Waals surface area (Å²) in [6, 6.07) is 135. The van der Waals surface area contributed by atoms with Gasteiger partial charge in [0.05, 0.1) is 38.5 Å². The summed E-state index contributed by atoms with van der Waals surface area (Å²) in [5.41, 5.74) is 25.7. The molecule has 0 spiro atoms. The van der Waals surface area contributed by atoms with Gasteiger partial charge >= 0.3 is 0 Å². The minimum Gasteiger partial charge on any atom is -0.455 e. The highest BCUT2D eigenvalue weighted by atomic mass is 32.1. The van der Waals surface area contributed by atoms with Crippen LogP contribution in [0.1, 0.15) is 25.0 Å². The number of hydrogen-bond acceptors (Lipinski definition) is 8. The molecule has 11 heterocycles. The Hall–Kier alpha value is -17.0. The Balaban J connectivity index is 0.0000000986. The quantitative estimate of drug-likeness (QED) is 0.163. The molecule has 612 valence electrons. The maximum atomic E-state index is 6.67. The highest BCUT2D eigenvalue weighted by Gasteiger charge is 2.36. The van der Waals surface area contributed by atoms with Crippen LogP contribution in [-0.4, -0.2) is 28.7 Å². The fraction of sp³-hybridized carbons (Fsp3) is 0.0250. The predicted molar refractivity (Wildman–Crippen MR) is 544 cm³/mol. The second kappa shape index (κ2) is 28.0. The Morgan fingerprint density at radius 3 is 1.34 bits per heavy atom. The van der Waals surface area contributed by atoms with Gasteiger partial charge in [0.1, 0.15) is 51.0 Å². The number of benzene rings is 18. The molecule has 0 N–H and O–H groups in total. The van der Waals surface area contributed by atoms with Crippen molar-refractivity contribution in [3.8, 4) is 62.0 Å². The molecule has 0 saturated carbocycles. The second-order valence-corrected chi connectivity index (χ2v) is 36.1. The minimum atomic E-state index is -0.00470. The molecule has 0 atom stereocenters. The maximum Gasteiger partial charge on any atom is 0.160 e. The molecule has 0 fully saturated rings. The van der Waals surface area contributed by atoms with Gasteiger partial charge in [-0.15, -0.1) is 11.3 Å². The van der Waals surface area contributed by atoms with Crippen LogP contribution in [-0.2, 0) is 5.41 Å². The van der Waals surface area contributed by atoms with E-state index in [0.717, 1.165) is 166 Å². The molecule has 30 rings (SSSR count). The molecule has 11 aromatic heterocycles. The molecule has 0 unspecified atom stereocenters. The van der Waals surface area contributed by atoms with Crippen LogP contribution in [0.15, 0.2) is 418 Å². The topological polar surface area (TPSA) is 106 Å². The van der Waals surface area contributed by atoms with E-state index in [9.17, 15) is 0 Å². The molecule has 0 amide bonds. The first-order valence-corrected chi connectivity index (χ1v) is 45.3. The Bertz CT molecular complexity index is 9920. The molecule has 0 bridgehead atoms. The van der Waals surface area contributed by atoms with Crippen molar-refractivity contribution >= 4 is 217 Å². The first-order valence-electron chi connectivity index (χ1n) is 44.5. The van der Waals surface area contributed by atoms with Gasteiger partial charge in [-0.25, -0.2) is 15.0 Å². The summed E-state index contributed by atoms with van der Waals surface area (Å²) in [6.45, 7) is 4.64. The van der Waals surface area contributed by atoms with Crippen molar-refractivity contribution < 1.29 is 17.7 Å². The lowest BCUT2D eigenvalue weighted by Gasteiger charge is -2.21. The first-order chi connectivity index (χ1) is 64.8. The predicted octanol–water partition coefficient (Wildman–Crippen LogP) is 33.3. The fourth-order valence-corrected chi connectivity index (χ4v) is 23.0. The van der Waals surface area contributed by atoms with Crippen molar-refractivity contribution in [1.29, 1.82) is 0 Å². The number of furan rings is 4. The third-order valence-electron chi connectivity index (χ3n) is 27.7. The maximum absolute atomic E-state index is 6.67. The zero-order chi connectivity index (χ0) is 86.0. The van der Waals surface area contributed by atoms with Crippen LogP contribution in [0.3, 0.4) is 0 Å². The monoisotopic (exact) mass is 1690 g/mol. The Morgan fingerprint density at radius 1 is 0.229 bits per heavy atom. The lowest BCUT2D eigenvalue weighted by Crippen LogP contribution is -2.14. The van der Waals surface area contributed by atoms with Crippen molar-refractivity contribution in [3.63, 3.8) is 0 Å². The third kappa shape index (κ3) is 10.7. The van der Waals surface area contributed by atoms with Gasteiger partial charge in [0.25, 0.3) is 0 Å². The van der Waals surface area contributed by atoms with Crippen molar-refractivity contribution in [2.45, 2.75) is 19.3 Å². The van der Waals surface area contributed by atoms with E-state index in [2.05, 4.69) is 367 Å². The summed E-state index contributed by atoms with van der Waals surface area (Å²) < 4.78 is 35.7.